The van der Waals surface area contributed by atoms with Gasteiger partial charge in [0.05, 0.1) is 7.11 Å². The van der Waals surface area contributed by atoms with E-state index in [9.17, 15) is 8.68 Å². The normalized spacial score (nSPS) is 15.2. The van der Waals surface area contributed by atoms with Crippen molar-refractivity contribution in [1.82, 2.24) is 14.2 Å². The fourth-order valence-electron chi connectivity index (χ4n) is 3.71. The molecule has 2 aliphatic carbocycles. The molecule has 0 fully saturated rings. The van der Waals surface area contributed by atoms with Gasteiger partial charge in [0.15, 0.2) is 12.3 Å². The number of carbonyl (C=O) groups is 1. The lowest BCUT2D eigenvalue weighted by molar-refractivity contribution is 0.0586. The van der Waals surface area contributed by atoms with E-state index in [1.165, 1.54) is 29.4 Å². The van der Waals surface area contributed by atoms with Crippen molar-refractivity contribution >= 4 is 29.9 Å². The molecule has 126 valence electrons. The third kappa shape index (κ3) is 2.36. The number of aromatic nitrogens is 3. The molecule has 0 spiro atoms. The lowest BCUT2D eigenvalue weighted by Crippen LogP contribution is -2.10. The Labute approximate surface area is 143 Å². The van der Waals surface area contributed by atoms with Gasteiger partial charge in [0, 0.05) is 5.69 Å². The number of aryl methyl sites for hydroxylation is 2. The zero-order valence-electron chi connectivity index (χ0n) is 13.3. The lowest BCUT2D eigenvalue weighted by atomic mass is 9.99. The molecular formula is C16H17FN4O2S. The topological polar surface area (TPSA) is 69.0 Å². The van der Waals surface area contributed by atoms with Crippen molar-refractivity contribution in [2.24, 2.45) is 0 Å². The quantitative estimate of drug-likeness (QED) is 0.856. The summed E-state index contributed by atoms with van der Waals surface area (Å²) >= 11 is -0.113. The van der Waals surface area contributed by atoms with E-state index in [4.69, 9.17) is 0 Å². The van der Waals surface area contributed by atoms with Gasteiger partial charge in [0.2, 0.25) is 5.95 Å². The van der Waals surface area contributed by atoms with Crippen LogP contribution in [0.15, 0.2) is 6.07 Å². The fourth-order valence-corrected chi connectivity index (χ4v) is 4.04. The molecule has 2 aliphatic rings. The maximum absolute atomic E-state index is 13.4. The molecular weight excluding hydrogens is 331 g/mol. The molecule has 0 unspecified atom stereocenters. The number of methoxy groups -OCH3 is 1. The highest BCUT2D eigenvalue weighted by Crippen LogP contribution is 2.40. The Hall–Kier alpha value is -2.09. The zero-order valence-corrected chi connectivity index (χ0v) is 14.1. The van der Waals surface area contributed by atoms with Crippen molar-refractivity contribution in [1.29, 1.82) is 0 Å². The molecule has 0 bridgehead atoms. The van der Waals surface area contributed by atoms with Gasteiger partial charge >= 0.3 is 5.97 Å². The number of halogens is 1. The number of hydrogen-bond acceptors (Lipinski definition) is 6. The van der Waals surface area contributed by atoms with Crippen molar-refractivity contribution < 1.29 is 13.4 Å². The molecule has 24 heavy (non-hydrogen) atoms. The number of anilines is 2. The van der Waals surface area contributed by atoms with Crippen LogP contribution in [0.2, 0.25) is 0 Å². The number of carbonyl (C=O) groups excluding carboxylic acids is 1. The van der Waals surface area contributed by atoms with Gasteiger partial charge < -0.3 is 10.1 Å². The second-order valence-electron chi connectivity index (χ2n) is 6.06. The molecule has 0 radical (unpaired) electrons. The number of esters is 1. The maximum atomic E-state index is 13.4. The molecule has 8 heteroatoms. The average molecular weight is 348 g/mol. The van der Waals surface area contributed by atoms with Crippen LogP contribution in [-0.4, -0.2) is 27.2 Å². The first-order chi connectivity index (χ1) is 11.7. The summed E-state index contributed by atoms with van der Waals surface area (Å²) in [7, 11) is 1.23. The van der Waals surface area contributed by atoms with Crippen molar-refractivity contribution in [3.8, 4) is 0 Å². The molecule has 6 nitrogen and oxygen atoms in total. The van der Waals surface area contributed by atoms with E-state index < -0.39 is 5.97 Å². The molecule has 2 aromatic rings. The first-order valence-corrected chi connectivity index (χ1v) is 8.66. The van der Waals surface area contributed by atoms with Crippen LogP contribution in [0.4, 0.5) is 15.5 Å². The summed E-state index contributed by atoms with van der Waals surface area (Å²) in [6.07, 6.45) is 6.43. The summed E-state index contributed by atoms with van der Waals surface area (Å²) in [5.41, 5.74) is 6.33. The first-order valence-electron chi connectivity index (χ1n) is 7.99. The molecule has 1 aromatic carbocycles. The van der Waals surface area contributed by atoms with Gasteiger partial charge in [0.25, 0.3) is 5.82 Å². The number of hydrogen-bond donors (Lipinski definition) is 1. The lowest BCUT2D eigenvalue weighted by Gasteiger charge is -2.16. The molecule has 4 rings (SSSR count). The van der Waals surface area contributed by atoms with E-state index in [0.717, 1.165) is 48.2 Å². The summed E-state index contributed by atoms with van der Waals surface area (Å²) in [5.74, 6) is -0.682. The molecule has 0 saturated heterocycles. The van der Waals surface area contributed by atoms with Crippen molar-refractivity contribution in [3.63, 3.8) is 0 Å². The fraction of sp³-hybridized carbons (Fsp3) is 0.438. The highest BCUT2D eigenvalue weighted by atomic mass is 32.2. The second-order valence-corrected chi connectivity index (χ2v) is 6.56. The Kier molecular flexibility index (Phi) is 3.91. The third-order valence-electron chi connectivity index (χ3n) is 4.77. The summed E-state index contributed by atoms with van der Waals surface area (Å²) in [6.45, 7) is 0. The van der Waals surface area contributed by atoms with Crippen LogP contribution < -0.4 is 5.32 Å². The van der Waals surface area contributed by atoms with Gasteiger partial charge in [-0.05, 0) is 60.8 Å². The number of rotatable bonds is 4. The van der Waals surface area contributed by atoms with Gasteiger partial charge in [-0.3, -0.25) is 0 Å². The number of fused-ring (bicyclic) bond motifs is 2. The molecule has 1 aromatic heterocycles. The standard InChI is InChI=1S/C16H17FN4O2S/c1-23-15(22)14-19-20-16(21(14)24-17)18-13-11-6-2-4-9(11)8-10-5-3-7-12(10)13/h8H,2-7H2,1H3,(H,18,20). The van der Waals surface area contributed by atoms with Crippen LogP contribution in [0.25, 0.3) is 0 Å². The summed E-state index contributed by atoms with van der Waals surface area (Å²) in [4.78, 5) is 11.7. The minimum atomic E-state index is -0.718. The smallest absolute Gasteiger partial charge is 0.377 e. The first kappa shape index (κ1) is 15.4. The van der Waals surface area contributed by atoms with Gasteiger partial charge in [-0.1, -0.05) is 6.07 Å². The number of benzene rings is 1. The monoisotopic (exact) mass is 348 g/mol. The van der Waals surface area contributed by atoms with E-state index in [0.29, 0.717) is 0 Å². The van der Waals surface area contributed by atoms with Crippen LogP contribution in [0.1, 0.15) is 45.7 Å². The van der Waals surface area contributed by atoms with Crippen molar-refractivity contribution in [3.05, 3.63) is 34.1 Å². The molecule has 0 saturated carbocycles. The van der Waals surface area contributed by atoms with Gasteiger partial charge in [-0.2, -0.15) is 3.97 Å². The van der Waals surface area contributed by atoms with Gasteiger partial charge in [0.1, 0.15) is 0 Å². The van der Waals surface area contributed by atoms with Crippen LogP contribution in [0.5, 0.6) is 0 Å². The predicted molar refractivity (Wildman–Crippen MR) is 89.2 cm³/mol. The molecule has 0 aliphatic heterocycles. The maximum Gasteiger partial charge on any atom is 0.377 e. The largest absolute Gasteiger partial charge is 0.463 e. The van der Waals surface area contributed by atoms with Gasteiger partial charge in [-0.25, -0.2) is 4.79 Å². The van der Waals surface area contributed by atoms with E-state index >= 15 is 0 Å². The Morgan fingerprint density at radius 1 is 1.21 bits per heavy atom. The van der Waals surface area contributed by atoms with Crippen molar-refractivity contribution in [2.75, 3.05) is 12.4 Å². The van der Waals surface area contributed by atoms with E-state index in [-0.39, 0.29) is 24.1 Å². The SMILES string of the molecule is COC(=O)c1nnc(Nc2c3c(cc4c2CCC4)CCC3)n1SF. The van der Waals surface area contributed by atoms with Crippen LogP contribution in [-0.2, 0) is 30.4 Å². The predicted octanol–water partition coefficient (Wildman–Crippen LogP) is 3.17. The molecule has 0 atom stereocenters. The van der Waals surface area contributed by atoms with Crippen LogP contribution >= 0.6 is 12.3 Å². The number of ether oxygens (including phenoxy) is 1. The van der Waals surface area contributed by atoms with E-state index in [1.807, 2.05) is 0 Å². The minimum absolute atomic E-state index is 0.113. The van der Waals surface area contributed by atoms with Crippen LogP contribution in [0.3, 0.4) is 0 Å². The van der Waals surface area contributed by atoms with Crippen molar-refractivity contribution in [2.45, 2.75) is 38.5 Å². The summed E-state index contributed by atoms with van der Waals surface area (Å²) in [6, 6.07) is 2.32. The molecule has 0 amide bonds. The Balaban J connectivity index is 1.77. The molecule has 1 heterocycles. The Morgan fingerprint density at radius 3 is 2.46 bits per heavy atom. The van der Waals surface area contributed by atoms with Crippen LogP contribution in [0, 0.1) is 0 Å². The zero-order chi connectivity index (χ0) is 16.7. The van der Waals surface area contributed by atoms with E-state index in [1.54, 1.807) is 0 Å². The summed E-state index contributed by atoms with van der Waals surface area (Å²) < 4.78 is 19.0. The highest BCUT2D eigenvalue weighted by molar-refractivity contribution is 7.92. The number of nitrogens with zero attached hydrogens (tertiary/aromatic N) is 3. The number of nitrogens with one attached hydrogen (secondary N) is 1. The minimum Gasteiger partial charge on any atom is -0.463 e. The van der Waals surface area contributed by atoms with E-state index in [2.05, 4.69) is 26.3 Å². The third-order valence-corrected chi connectivity index (χ3v) is 5.25. The van der Waals surface area contributed by atoms with Gasteiger partial charge in [-0.15, -0.1) is 14.1 Å². The Morgan fingerprint density at radius 2 is 1.88 bits per heavy atom. The molecule has 1 N–H and O–H groups in total. The average Bonchev–Trinajstić information content (AvgIpc) is 3.32. The highest BCUT2D eigenvalue weighted by Gasteiger charge is 2.27. The second kappa shape index (κ2) is 6.08. The summed E-state index contributed by atoms with van der Waals surface area (Å²) in [5, 5.41) is 10.9. The Bertz CT molecular complexity index is 789.